The van der Waals surface area contributed by atoms with E-state index in [4.69, 9.17) is 11.6 Å². The van der Waals surface area contributed by atoms with Crippen molar-refractivity contribution in [3.63, 3.8) is 0 Å². The first kappa shape index (κ1) is 14.1. The maximum atomic E-state index is 12.5. The summed E-state index contributed by atoms with van der Waals surface area (Å²) in [5.74, 6) is -1.27. The molecule has 23 heavy (non-hydrogen) atoms. The summed E-state index contributed by atoms with van der Waals surface area (Å²) in [5.41, 5.74) is -0.183. The van der Waals surface area contributed by atoms with Crippen molar-refractivity contribution in [3.8, 4) is 0 Å². The van der Waals surface area contributed by atoms with Gasteiger partial charge in [0.2, 0.25) is 17.8 Å². The van der Waals surface area contributed by atoms with Gasteiger partial charge >= 0.3 is 0 Å². The average Bonchev–Trinajstić information content (AvgIpc) is 3.06. The molecule has 2 atom stereocenters. The van der Waals surface area contributed by atoms with Crippen LogP contribution in [0, 0.1) is 18.8 Å². The molecule has 0 saturated carbocycles. The van der Waals surface area contributed by atoms with Crippen molar-refractivity contribution in [2.75, 3.05) is 4.90 Å². The van der Waals surface area contributed by atoms with E-state index in [0.717, 1.165) is 9.42 Å². The van der Waals surface area contributed by atoms with Crippen molar-refractivity contribution in [1.82, 2.24) is 19.6 Å². The first-order valence-corrected chi connectivity index (χ1v) is 7.54. The third-order valence-corrected chi connectivity index (χ3v) is 4.75. The molecule has 0 radical (unpaired) electrons. The van der Waals surface area contributed by atoms with Crippen LogP contribution in [0.2, 0.25) is 5.02 Å². The van der Waals surface area contributed by atoms with Crippen LogP contribution in [0.5, 0.6) is 0 Å². The fourth-order valence-corrected chi connectivity index (χ4v) is 3.22. The molecule has 2 aromatic heterocycles. The zero-order valence-corrected chi connectivity index (χ0v) is 12.9. The molecule has 9 heteroatoms. The lowest BCUT2D eigenvalue weighted by molar-refractivity contribution is -0.122. The first-order valence-electron chi connectivity index (χ1n) is 7.16. The van der Waals surface area contributed by atoms with E-state index < -0.39 is 5.56 Å². The van der Waals surface area contributed by atoms with Crippen LogP contribution in [-0.2, 0) is 9.59 Å². The molecule has 4 rings (SSSR count). The number of amides is 2. The molecule has 2 unspecified atom stereocenters. The Kier molecular flexibility index (Phi) is 2.92. The SMILES string of the molecule is Cc1nc2nc(N3C(=O)C4CC=CCC4C3=O)[nH]n2c(=O)c1Cl. The summed E-state index contributed by atoms with van der Waals surface area (Å²) in [6, 6.07) is 0. The number of imide groups is 1. The fraction of sp³-hybridized carbons (Fsp3) is 0.357. The monoisotopic (exact) mass is 333 g/mol. The van der Waals surface area contributed by atoms with Crippen LogP contribution in [0.25, 0.3) is 5.78 Å². The largest absolute Gasteiger partial charge is 0.293 e. The van der Waals surface area contributed by atoms with Gasteiger partial charge in [0.05, 0.1) is 17.5 Å². The third-order valence-electron chi connectivity index (χ3n) is 4.31. The van der Waals surface area contributed by atoms with E-state index in [1.165, 1.54) is 0 Å². The topological polar surface area (TPSA) is 100 Å². The molecule has 0 aromatic carbocycles. The Balaban J connectivity index is 1.84. The second-order valence-corrected chi connectivity index (χ2v) is 6.04. The number of nitrogens with zero attached hydrogens (tertiary/aromatic N) is 4. The van der Waals surface area contributed by atoms with Crippen LogP contribution in [0.15, 0.2) is 16.9 Å². The summed E-state index contributed by atoms with van der Waals surface area (Å²) in [6.07, 6.45) is 4.89. The second kappa shape index (κ2) is 4.76. The molecule has 2 amide bonds. The zero-order valence-electron chi connectivity index (χ0n) is 12.1. The van der Waals surface area contributed by atoms with Crippen LogP contribution in [0.3, 0.4) is 0 Å². The highest BCUT2D eigenvalue weighted by Crippen LogP contribution is 2.36. The molecular weight excluding hydrogens is 322 g/mol. The summed E-state index contributed by atoms with van der Waals surface area (Å²) >= 11 is 5.88. The summed E-state index contributed by atoms with van der Waals surface area (Å²) in [6.45, 7) is 1.59. The van der Waals surface area contributed by atoms with Gasteiger partial charge in [0, 0.05) is 0 Å². The van der Waals surface area contributed by atoms with Gasteiger partial charge in [-0.15, -0.1) is 0 Å². The van der Waals surface area contributed by atoms with Crippen molar-refractivity contribution >= 4 is 35.1 Å². The van der Waals surface area contributed by atoms with E-state index in [1.807, 2.05) is 12.2 Å². The maximum Gasteiger partial charge on any atom is 0.293 e. The molecule has 0 bridgehead atoms. The van der Waals surface area contributed by atoms with Crippen LogP contribution < -0.4 is 10.5 Å². The third kappa shape index (κ3) is 1.88. The summed E-state index contributed by atoms with van der Waals surface area (Å²) < 4.78 is 1.03. The van der Waals surface area contributed by atoms with Gasteiger partial charge < -0.3 is 0 Å². The lowest BCUT2D eigenvalue weighted by Crippen LogP contribution is -2.32. The number of aryl methyl sites for hydroxylation is 1. The molecule has 3 heterocycles. The fourth-order valence-electron chi connectivity index (χ4n) is 3.10. The number of aromatic nitrogens is 4. The van der Waals surface area contributed by atoms with Crippen LogP contribution >= 0.6 is 11.6 Å². The van der Waals surface area contributed by atoms with Crippen LogP contribution in [-0.4, -0.2) is 31.4 Å². The first-order chi connectivity index (χ1) is 11.0. The maximum absolute atomic E-state index is 12.5. The molecule has 1 aliphatic heterocycles. The molecule has 1 N–H and O–H groups in total. The standard InChI is InChI=1S/C14H12ClN5O3/c1-6-9(15)12(23)20-13(16-6)17-14(18-20)19-10(21)7-4-2-3-5-8(7)11(19)22/h2-3,7-8H,4-5H2,1H3,(H,16,17,18). The van der Waals surface area contributed by atoms with Crippen molar-refractivity contribution < 1.29 is 9.59 Å². The Labute approximate surface area is 134 Å². The Morgan fingerprint density at radius 3 is 2.35 bits per heavy atom. The van der Waals surface area contributed by atoms with E-state index in [0.29, 0.717) is 18.5 Å². The minimum absolute atomic E-state index is 0.000617. The number of anilines is 1. The van der Waals surface area contributed by atoms with E-state index in [2.05, 4.69) is 15.1 Å². The minimum Gasteiger partial charge on any atom is -0.274 e. The molecular formula is C14H12ClN5O3. The number of hydrogen-bond donors (Lipinski definition) is 1. The van der Waals surface area contributed by atoms with Crippen molar-refractivity contribution in [3.05, 3.63) is 33.2 Å². The van der Waals surface area contributed by atoms with Gasteiger partial charge in [-0.2, -0.15) is 9.50 Å². The number of fused-ring (bicyclic) bond motifs is 2. The smallest absolute Gasteiger partial charge is 0.274 e. The normalized spacial score (nSPS) is 23.8. The highest BCUT2D eigenvalue weighted by atomic mass is 35.5. The molecule has 0 spiro atoms. The number of carbonyl (C=O) groups excluding carboxylic acids is 2. The van der Waals surface area contributed by atoms with Crippen molar-refractivity contribution in [1.29, 1.82) is 0 Å². The Morgan fingerprint density at radius 1 is 1.13 bits per heavy atom. The van der Waals surface area contributed by atoms with Gasteiger partial charge in [-0.1, -0.05) is 23.8 Å². The Bertz CT molecular complexity index is 918. The quantitative estimate of drug-likeness (QED) is 0.615. The lowest BCUT2D eigenvalue weighted by atomic mass is 9.85. The number of carbonyl (C=O) groups is 2. The molecule has 2 aromatic rings. The van der Waals surface area contributed by atoms with Gasteiger partial charge in [-0.05, 0) is 19.8 Å². The highest BCUT2D eigenvalue weighted by molar-refractivity contribution is 6.31. The number of allylic oxidation sites excluding steroid dienone is 2. The predicted octanol–water partition coefficient (Wildman–Crippen LogP) is 0.835. The lowest BCUT2D eigenvalue weighted by Gasteiger charge is -2.14. The highest BCUT2D eigenvalue weighted by Gasteiger charge is 2.49. The van der Waals surface area contributed by atoms with Crippen molar-refractivity contribution in [2.24, 2.45) is 11.8 Å². The van der Waals surface area contributed by atoms with Crippen LogP contribution in [0.4, 0.5) is 5.95 Å². The number of H-pyrrole nitrogens is 1. The molecule has 1 aliphatic carbocycles. The van der Waals surface area contributed by atoms with Crippen molar-refractivity contribution in [2.45, 2.75) is 19.8 Å². The summed E-state index contributed by atoms with van der Waals surface area (Å²) in [4.78, 5) is 46.4. The Morgan fingerprint density at radius 2 is 1.74 bits per heavy atom. The number of nitrogens with one attached hydrogen (secondary N) is 1. The average molecular weight is 334 g/mol. The van der Waals surface area contributed by atoms with Crippen LogP contribution in [0.1, 0.15) is 18.5 Å². The number of aromatic amines is 1. The Hall–Kier alpha value is -2.48. The number of hydrogen-bond acceptors (Lipinski definition) is 5. The van der Waals surface area contributed by atoms with E-state index in [-0.39, 0.29) is 40.4 Å². The molecule has 8 nitrogen and oxygen atoms in total. The molecule has 1 saturated heterocycles. The zero-order chi connectivity index (χ0) is 16.3. The van der Waals surface area contributed by atoms with Gasteiger partial charge in [0.25, 0.3) is 11.3 Å². The predicted molar refractivity (Wildman–Crippen MR) is 81.2 cm³/mol. The summed E-state index contributed by atoms with van der Waals surface area (Å²) in [7, 11) is 0. The van der Waals surface area contributed by atoms with Gasteiger partial charge in [-0.25, -0.2) is 9.88 Å². The number of halogens is 1. The number of rotatable bonds is 1. The molecule has 1 fully saturated rings. The minimum atomic E-state index is -0.522. The summed E-state index contributed by atoms with van der Waals surface area (Å²) in [5, 5.41) is 2.62. The van der Waals surface area contributed by atoms with Gasteiger partial charge in [-0.3, -0.25) is 19.5 Å². The van der Waals surface area contributed by atoms with Gasteiger partial charge in [0.1, 0.15) is 5.02 Å². The second-order valence-electron chi connectivity index (χ2n) is 5.67. The molecule has 118 valence electrons. The van der Waals surface area contributed by atoms with E-state index in [9.17, 15) is 14.4 Å². The van der Waals surface area contributed by atoms with E-state index >= 15 is 0 Å². The van der Waals surface area contributed by atoms with Gasteiger partial charge in [0.15, 0.2) is 0 Å². The molecule has 2 aliphatic rings. The van der Waals surface area contributed by atoms with E-state index in [1.54, 1.807) is 6.92 Å².